The average Bonchev–Trinajstić information content (AvgIpc) is 2.52. The van der Waals surface area contributed by atoms with Gasteiger partial charge in [0, 0.05) is 32.7 Å². The lowest BCUT2D eigenvalue weighted by Gasteiger charge is -2.35. The van der Waals surface area contributed by atoms with Crippen LogP contribution in [-0.4, -0.2) is 54.5 Å². The summed E-state index contributed by atoms with van der Waals surface area (Å²) in [6, 6.07) is 0. The summed E-state index contributed by atoms with van der Waals surface area (Å²) in [4.78, 5) is 13.8. The third-order valence-corrected chi connectivity index (χ3v) is 4.78. The largest absolute Gasteiger partial charge is 0.414 e. The molecular weight excluding hydrogens is 299 g/mol. The highest BCUT2D eigenvalue weighted by atomic mass is 19.4. The van der Waals surface area contributed by atoms with Crippen LogP contribution in [0.25, 0.3) is 0 Å². The summed E-state index contributed by atoms with van der Waals surface area (Å²) in [6.45, 7) is 2.12. The summed E-state index contributed by atoms with van der Waals surface area (Å²) in [5, 5.41) is 9.27. The van der Waals surface area contributed by atoms with Crippen LogP contribution in [0.4, 0.5) is 13.2 Å². The van der Waals surface area contributed by atoms with Gasteiger partial charge in [0.25, 0.3) is 0 Å². The van der Waals surface area contributed by atoms with Crippen molar-refractivity contribution in [2.24, 2.45) is 11.8 Å². The minimum absolute atomic E-state index is 0.0199. The van der Waals surface area contributed by atoms with E-state index in [0.717, 1.165) is 32.5 Å². The average molecular weight is 323 g/mol. The summed E-state index contributed by atoms with van der Waals surface area (Å²) in [5.74, 6) is -0.256. The quantitative estimate of drug-likeness (QED) is 0.864. The lowest BCUT2D eigenvalue weighted by molar-refractivity contribution is -0.222. The van der Waals surface area contributed by atoms with Crippen LogP contribution >= 0.6 is 0 Å². The Hall–Kier alpha value is -0.820. The van der Waals surface area contributed by atoms with E-state index in [1.807, 2.05) is 0 Å². The maximum atomic E-state index is 12.5. The van der Waals surface area contributed by atoms with Crippen LogP contribution in [-0.2, 0) is 9.53 Å². The first kappa shape index (κ1) is 17.5. The number of hydrogen-bond acceptors (Lipinski definition) is 3. The highest BCUT2D eigenvalue weighted by Gasteiger charge is 2.44. The van der Waals surface area contributed by atoms with Crippen molar-refractivity contribution in [1.82, 2.24) is 4.90 Å². The zero-order chi connectivity index (χ0) is 16.2. The molecule has 0 spiro atoms. The molecule has 1 amide bonds. The van der Waals surface area contributed by atoms with E-state index in [9.17, 15) is 23.1 Å². The van der Waals surface area contributed by atoms with Gasteiger partial charge in [-0.05, 0) is 43.9 Å². The van der Waals surface area contributed by atoms with Crippen LogP contribution in [0.5, 0.6) is 0 Å². The molecule has 2 aliphatic heterocycles. The molecule has 22 heavy (non-hydrogen) atoms. The van der Waals surface area contributed by atoms with Crippen molar-refractivity contribution in [3.63, 3.8) is 0 Å². The molecule has 0 saturated carbocycles. The predicted octanol–water partition coefficient (Wildman–Crippen LogP) is 2.36. The van der Waals surface area contributed by atoms with E-state index in [4.69, 9.17) is 4.74 Å². The summed E-state index contributed by atoms with van der Waals surface area (Å²) in [7, 11) is 0. The second-order valence-electron chi connectivity index (χ2n) is 6.30. The number of nitrogens with zero attached hydrogens (tertiary/aromatic N) is 1. The number of halogens is 3. The number of aliphatic hydroxyl groups is 1. The Kier molecular flexibility index (Phi) is 6.09. The lowest BCUT2D eigenvalue weighted by atomic mass is 9.90. The molecule has 0 aromatic heterocycles. The number of hydrogen-bond donors (Lipinski definition) is 1. The van der Waals surface area contributed by atoms with Crippen molar-refractivity contribution < 1.29 is 27.8 Å². The van der Waals surface area contributed by atoms with Gasteiger partial charge < -0.3 is 14.7 Å². The molecule has 0 aromatic rings. The second-order valence-corrected chi connectivity index (χ2v) is 6.30. The molecule has 0 bridgehead atoms. The predicted molar refractivity (Wildman–Crippen MR) is 74.1 cm³/mol. The fourth-order valence-electron chi connectivity index (χ4n) is 3.25. The molecule has 0 aromatic carbocycles. The van der Waals surface area contributed by atoms with E-state index in [1.165, 1.54) is 0 Å². The summed E-state index contributed by atoms with van der Waals surface area (Å²) in [6.07, 6.45) is -3.18. The number of aliphatic hydroxyl groups excluding tert-OH is 1. The van der Waals surface area contributed by atoms with Crippen molar-refractivity contribution in [1.29, 1.82) is 0 Å². The first-order valence-corrected chi connectivity index (χ1v) is 7.98. The highest BCUT2D eigenvalue weighted by Crippen LogP contribution is 2.32. The number of likely N-dealkylation sites (tertiary alicyclic amines) is 1. The zero-order valence-corrected chi connectivity index (χ0v) is 12.6. The molecule has 2 fully saturated rings. The number of amides is 1. The van der Waals surface area contributed by atoms with Crippen LogP contribution < -0.4 is 0 Å². The first-order valence-electron chi connectivity index (χ1n) is 7.98. The van der Waals surface area contributed by atoms with Gasteiger partial charge in [0.05, 0.1) is 0 Å². The molecule has 128 valence electrons. The topological polar surface area (TPSA) is 49.8 Å². The van der Waals surface area contributed by atoms with Crippen LogP contribution in [0, 0.1) is 11.8 Å². The zero-order valence-electron chi connectivity index (χ0n) is 12.6. The van der Waals surface area contributed by atoms with Crippen molar-refractivity contribution in [3.8, 4) is 0 Å². The number of carbonyl (C=O) groups excluding carboxylic acids is 1. The van der Waals surface area contributed by atoms with E-state index in [0.29, 0.717) is 25.4 Å². The maximum absolute atomic E-state index is 12.5. The molecule has 7 heteroatoms. The van der Waals surface area contributed by atoms with Gasteiger partial charge in [-0.3, -0.25) is 4.79 Å². The van der Waals surface area contributed by atoms with Gasteiger partial charge in [-0.25, -0.2) is 0 Å². The van der Waals surface area contributed by atoms with Gasteiger partial charge in [-0.15, -0.1) is 0 Å². The van der Waals surface area contributed by atoms with Gasteiger partial charge in [-0.2, -0.15) is 13.2 Å². The highest BCUT2D eigenvalue weighted by molar-refractivity contribution is 5.76. The van der Waals surface area contributed by atoms with Crippen LogP contribution in [0.2, 0.25) is 0 Å². The molecule has 2 saturated heterocycles. The Morgan fingerprint density at radius 3 is 2.32 bits per heavy atom. The fourth-order valence-corrected chi connectivity index (χ4v) is 3.25. The fraction of sp³-hybridized carbons (Fsp3) is 0.933. The third kappa shape index (κ3) is 4.84. The van der Waals surface area contributed by atoms with E-state index in [-0.39, 0.29) is 18.7 Å². The number of ether oxygens (including phenoxy) is 1. The van der Waals surface area contributed by atoms with E-state index >= 15 is 0 Å². The first-order chi connectivity index (χ1) is 10.4. The van der Waals surface area contributed by atoms with Crippen LogP contribution in [0.1, 0.15) is 38.5 Å². The molecular formula is C15H24F3NO3. The molecule has 1 atom stereocenters. The Bertz CT molecular complexity index is 362. The van der Waals surface area contributed by atoms with Crippen molar-refractivity contribution in [2.75, 3.05) is 26.3 Å². The van der Waals surface area contributed by atoms with Gasteiger partial charge >= 0.3 is 6.18 Å². The summed E-state index contributed by atoms with van der Waals surface area (Å²) in [5.41, 5.74) is 0. The Balaban J connectivity index is 1.70. The van der Waals surface area contributed by atoms with E-state index in [2.05, 4.69) is 0 Å². The van der Waals surface area contributed by atoms with Crippen LogP contribution in [0.3, 0.4) is 0 Å². The molecule has 0 aliphatic carbocycles. The van der Waals surface area contributed by atoms with Crippen molar-refractivity contribution in [2.45, 2.75) is 50.8 Å². The lowest BCUT2D eigenvalue weighted by Crippen LogP contribution is -2.45. The molecule has 1 unspecified atom stereocenters. The molecule has 4 nitrogen and oxygen atoms in total. The molecule has 1 N–H and O–H groups in total. The van der Waals surface area contributed by atoms with Gasteiger partial charge in [0.2, 0.25) is 5.91 Å². The number of carbonyl (C=O) groups is 1. The maximum Gasteiger partial charge on any atom is 0.414 e. The van der Waals surface area contributed by atoms with E-state index < -0.39 is 18.2 Å². The summed E-state index contributed by atoms with van der Waals surface area (Å²) >= 11 is 0. The minimum atomic E-state index is -4.57. The normalized spacial score (nSPS) is 23.5. The van der Waals surface area contributed by atoms with Crippen molar-refractivity contribution >= 4 is 5.91 Å². The SMILES string of the molecule is O=C(CCC1CCOCC1)N1CCC(C(O)C(F)(F)F)CC1. The van der Waals surface area contributed by atoms with Crippen LogP contribution in [0.15, 0.2) is 0 Å². The second kappa shape index (κ2) is 7.64. The molecule has 0 radical (unpaired) electrons. The number of rotatable bonds is 4. The van der Waals surface area contributed by atoms with E-state index in [1.54, 1.807) is 4.90 Å². The number of alkyl halides is 3. The van der Waals surface area contributed by atoms with Crippen molar-refractivity contribution in [3.05, 3.63) is 0 Å². The Labute approximate surface area is 128 Å². The van der Waals surface area contributed by atoms with Gasteiger partial charge in [0.15, 0.2) is 6.10 Å². The third-order valence-electron chi connectivity index (χ3n) is 4.78. The minimum Gasteiger partial charge on any atom is -0.383 e. The van der Waals surface area contributed by atoms with Gasteiger partial charge in [0.1, 0.15) is 0 Å². The number of piperidine rings is 1. The van der Waals surface area contributed by atoms with Gasteiger partial charge in [-0.1, -0.05) is 0 Å². The summed E-state index contributed by atoms with van der Waals surface area (Å²) < 4.78 is 42.7. The Morgan fingerprint density at radius 1 is 1.18 bits per heavy atom. The monoisotopic (exact) mass is 323 g/mol. The molecule has 2 heterocycles. The standard InChI is InChI=1S/C15H24F3NO3/c16-15(17,18)14(21)12-3-7-19(8-4-12)13(20)2-1-11-5-9-22-10-6-11/h11-12,14,21H,1-10H2. The smallest absolute Gasteiger partial charge is 0.383 e. The molecule has 2 aliphatic rings. The Morgan fingerprint density at radius 2 is 1.77 bits per heavy atom. The molecule has 2 rings (SSSR count).